The van der Waals surface area contributed by atoms with Crippen molar-refractivity contribution < 1.29 is 4.79 Å². The van der Waals surface area contributed by atoms with Crippen LogP contribution in [-0.4, -0.2) is 26.5 Å². The smallest absolute Gasteiger partial charge is 0.250 e. The van der Waals surface area contributed by atoms with Gasteiger partial charge in [0, 0.05) is 31.2 Å². The molecule has 3 N–H and O–H groups in total. The van der Waals surface area contributed by atoms with Gasteiger partial charge >= 0.3 is 0 Å². The summed E-state index contributed by atoms with van der Waals surface area (Å²) in [6.45, 7) is 2.84. The lowest BCUT2D eigenvalue weighted by Crippen LogP contribution is -2.22. The molecule has 0 aliphatic rings. The van der Waals surface area contributed by atoms with E-state index in [0.29, 0.717) is 11.4 Å². The number of amides is 1. The number of anilines is 1. The van der Waals surface area contributed by atoms with Gasteiger partial charge in [-0.05, 0) is 19.1 Å². The molecule has 1 unspecified atom stereocenters. The maximum atomic E-state index is 10.9. The van der Waals surface area contributed by atoms with E-state index >= 15 is 0 Å². The van der Waals surface area contributed by atoms with Gasteiger partial charge in [0.2, 0.25) is 5.91 Å². The summed E-state index contributed by atoms with van der Waals surface area (Å²) in [6.07, 6.45) is 6.88. The number of carbonyl (C=O) groups is 1. The molecule has 2 heterocycles. The monoisotopic (exact) mass is 245 g/mol. The molecule has 2 aromatic rings. The van der Waals surface area contributed by atoms with E-state index in [1.807, 2.05) is 17.7 Å². The Balaban J connectivity index is 1.94. The molecule has 0 saturated heterocycles. The molecule has 2 rings (SSSR count). The zero-order chi connectivity index (χ0) is 13.0. The van der Waals surface area contributed by atoms with Crippen molar-refractivity contribution in [3.05, 3.63) is 42.6 Å². The number of imidazole rings is 1. The number of pyridine rings is 1. The largest absolute Gasteiger partial charge is 0.366 e. The van der Waals surface area contributed by atoms with Crippen LogP contribution in [0.3, 0.4) is 0 Å². The number of rotatable bonds is 5. The van der Waals surface area contributed by atoms with E-state index in [0.717, 1.165) is 6.54 Å². The van der Waals surface area contributed by atoms with E-state index in [-0.39, 0.29) is 6.04 Å². The predicted molar refractivity (Wildman–Crippen MR) is 68.1 cm³/mol. The van der Waals surface area contributed by atoms with Gasteiger partial charge in [-0.1, -0.05) is 0 Å². The van der Waals surface area contributed by atoms with Crippen molar-refractivity contribution in [3.8, 4) is 0 Å². The fourth-order valence-corrected chi connectivity index (χ4v) is 1.63. The highest BCUT2D eigenvalue weighted by molar-refractivity contribution is 5.92. The van der Waals surface area contributed by atoms with Crippen molar-refractivity contribution >= 4 is 11.7 Å². The van der Waals surface area contributed by atoms with Crippen LogP contribution >= 0.6 is 0 Å². The maximum absolute atomic E-state index is 10.9. The van der Waals surface area contributed by atoms with E-state index in [2.05, 4.69) is 15.3 Å². The first kappa shape index (κ1) is 12.1. The minimum atomic E-state index is -0.472. The van der Waals surface area contributed by atoms with E-state index in [1.165, 1.54) is 6.20 Å². The average Bonchev–Trinajstić information content (AvgIpc) is 2.82. The molecule has 6 nitrogen and oxygen atoms in total. The van der Waals surface area contributed by atoms with Gasteiger partial charge in [0.1, 0.15) is 5.82 Å². The number of nitrogens with one attached hydrogen (secondary N) is 1. The molecule has 1 atom stereocenters. The van der Waals surface area contributed by atoms with E-state index in [4.69, 9.17) is 5.73 Å². The number of primary amides is 1. The average molecular weight is 245 g/mol. The highest BCUT2D eigenvalue weighted by Gasteiger charge is 2.05. The number of aromatic nitrogens is 3. The number of hydrogen-bond donors (Lipinski definition) is 2. The van der Waals surface area contributed by atoms with Gasteiger partial charge < -0.3 is 15.6 Å². The summed E-state index contributed by atoms with van der Waals surface area (Å²) < 4.78 is 1.98. The molecule has 18 heavy (non-hydrogen) atoms. The third kappa shape index (κ3) is 3.07. The van der Waals surface area contributed by atoms with Crippen LogP contribution in [0.1, 0.15) is 17.3 Å². The van der Waals surface area contributed by atoms with Gasteiger partial charge in [0.25, 0.3) is 0 Å². The molecule has 0 bridgehead atoms. The SMILES string of the molecule is CC(Cn1ccnc1)Nc1ccc(C(N)=O)cn1. The molecular formula is C12H15N5O. The maximum Gasteiger partial charge on any atom is 0.250 e. The van der Waals surface area contributed by atoms with Gasteiger partial charge in [-0.25, -0.2) is 9.97 Å². The molecular weight excluding hydrogens is 230 g/mol. The van der Waals surface area contributed by atoms with Gasteiger partial charge in [-0.15, -0.1) is 0 Å². The van der Waals surface area contributed by atoms with Gasteiger partial charge in [-0.3, -0.25) is 4.79 Å². The number of hydrogen-bond acceptors (Lipinski definition) is 4. The zero-order valence-electron chi connectivity index (χ0n) is 10.1. The number of nitrogens with two attached hydrogens (primary N) is 1. The highest BCUT2D eigenvalue weighted by atomic mass is 16.1. The summed E-state index contributed by atoms with van der Waals surface area (Å²) in [5.74, 6) is 0.244. The standard InChI is InChI=1S/C12H15N5O/c1-9(7-17-5-4-14-8-17)16-11-3-2-10(6-15-11)12(13)18/h2-6,8-9H,7H2,1H3,(H2,13,18)(H,15,16). The normalized spacial score (nSPS) is 12.1. The fourth-order valence-electron chi connectivity index (χ4n) is 1.63. The molecule has 0 radical (unpaired) electrons. The first-order valence-electron chi connectivity index (χ1n) is 5.63. The van der Waals surface area contributed by atoms with Crippen molar-refractivity contribution in [2.75, 3.05) is 5.32 Å². The molecule has 0 saturated carbocycles. The van der Waals surface area contributed by atoms with Crippen molar-refractivity contribution in [1.29, 1.82) is 0 Å². The van der Waals surface area contributed by atoms with Crippen LogP contribution in [0.15, 0.2) is 37.1 Å². The van der Waals surface area contributed by atoms with Crippen molar-refractivity contribution in [2.24, 2.45) is 5.73 Å². The molecule has 0 aromatic carbocycles. The molecule has 0 fully saturated rings. The Morgan fingerprint density at radius 1 is 1.56 bits per heavy atom. The van der Waals surface area contributed by atoms with Crippen LogP contribution in [0.25, 0.3) is 0 Å². The molecule has 0 aliphatic carbocycles. The van der Waals surface area contributed by atoms with Crippen molar-refractivity contribution in [3.63, 3.8) is 0 Å². The first-order chi connectivity index (χ1) is 8.65. The van der Waals surface area contributed by atoms with Crippen LogP contribution in [0, 0.1) is 0 Å². The van der Waals surface area contributed by atoms with E-state index in [1.54, 1.807) is 24.7 Å². The van der Waals surface area contributed by atoms with Crippen molar-refractivity contribution in [1.82, 2.24) is 14.5 Å². The molecule has 6 heteroatoms. The molecule has 1 amide bonds. The lowest BCUT2D eigenvalue weighted by Gasteiger charge is -2.14. The topological polar surface area (TPSA) is 85.8 Å². The molecule has 94 valence electrons. The Morgan fingerprint density at radius 3 is 2.94 bits per heavy atom. The Labute approximate surface area is 105 Å². The van der Waals surface area contributed by atoms with Crippen LogP contribution in [-0.2, 0) is 6.54 Å². The number of carbonyl (C=O) groups excluding carboxylic acids is 1. The fraction of sp³-hybridized carbons (Fsp3) is 0.250. The quantitative estimate of drug-likeness (QED) is 0.818. The van der Waals surface area contributed by atoms with Gasteiger partial charge in [-0.2, -0.15) is 0 Å². The summed E-state index contributed by atoms with van der Waals surface area (Å²) in [5.41, 5.74) is 5.55. The predicted octanol–water partition coefficient (Wildman–Crippen LogP) is 0.878. The van der Waals surface area contributed by atoms with Crippen molar-refractivity contribution in [2.45, 2.75) is 19.5 Å². The lowest BCUT2D eigenvalue weighted by atomic mass is 10.2. The Kier molecular flexibility index (Phi) is 3.57. The lowest BCUT2D eigenvalue weighted by molar-refractivity contribution is 0.1000. The Hall–Kier alpha value is -2.37. The zero-order valence-corrected chi connectivity index (χ0v) is 10.1. The number of nitrogens with zero attached hydrogens (tertiary/aromatic N) is 3. The highest BCUT2D eigenvalue weighted by Crippen LogP contribution is 2.07. The Bertz CT molecular complexity index is 506. The second-order valence-corrected chi connectivity index (χ2v) is 4.10. The summed E-state index contributed by atoms with van der Waals surface area (Å²) in [6, 6.07) is 3.60. The summed E-state index contributed by atoms with van der Waals surface area (Å²) in [7, 11) is 0. The first-order valence-corrected chi connectivity index (χ1v) is 5.63. The summed E-state index contributed by atoms with van der Waals surface area (Å²) >= 11 is 0. The third-order valence-corrected chi connectivity index (χ3v) is 2.49. The molecule has 0 spiro atoms. The molecule has 0 aliphatic heterocycles. The second kappa shape index (κ2) is 5.31. The van der Waals surface area contributed by atoms with Crippen LogP contribution in [0.4, 0.5) is 5.82 Å². The summed E-state index contributed by atoms with van der Waals surface area (Å²) in [4.78, 5) is 19.0. The van der Waals surface area contributed by atoms with Gasteiger partial charge in [0.15, 0.2) is 0 Å². The second-order valence-electron chi connectivity index (χ2n) is 4.10. The Morgan fingerprint density at radius 2 is 2.39 bits per heavy atom. The molecule has 2 aromatic heterocycles. The minimum Gasteiger partial charge on any atom is -0.366 e. The third-order valence-electron chi connectivity index (χ3n) is 2.49. The minimum absolute atomic E-state index is 0.200. The van der Waals surface area contributed by atoms with Gasteiger partial charge in [0.05, 0.1) is 11.9 Å². The summed E-state index contributed by atoms with van der Waals surface area (Å²) in [5, 5.41) is 3.23. The van der Waals surface area contributed by atoms with E-state index < -0.39 is 5.91 Å². The van der Waals surface area contributed by atoms with Crippen LogP contribution in [0.2, 0.25) is 0 Å². The van der Waals surface area contributed by atoms with Crippen LogP contribution < -0.4 is 11.1 Å². The van der Waals surface area contributed by atoms with E-state index in [9.17, 15) is 4.79 Å². The van der Waals surface area contributed by atoms with Crippen LogP contribution in [0.5, 0.6) is 0 Å².